The van der Waals surface area contributed by atoms with Crippen LogP contribution in [0.15, 0.2) is 75.0 Å². The van der Waals surface area contributed by atoms with Gasteiger partial charge in [-0.05, 0) is 61.1 Å². The second kappa shape index (κ2) is 9.39. The van der Waals surface area contributed by atoms with E-state index in [4.69, 9.17) is 9.15 Å². The van der Waals surface area contributed by atoms with Crippen LogP contribution in [0.2, 0.25) is 0 Å². The third-order valence-corrected chi connectivity index (χ3v) is 8.76. The van der Waals surface area contributed by atoms with Gasteiger partial charge in [0.25, 0.3) is 5.56 Å². The number of aromatic nitrogens is 3. The van der Waals surface area contributed by atoms with Crippen LogP contribution in [0, 0.1) is 6.92 Å². The molecule has 1 aliphatic rings. The van der Waals surface area contributed by atoms with E-state index in [9.17, 15) is 19.5 Å². The molecule has 0 aliphatic heterocycles. The number of hydrogen-bond donors (Lipinski definition) is 1. The number of methoxy groups -OCH3 is 1. The minimum atomic E-state index is -0.969. The van der Waals surface area contributed by atoms with Crippen molar-refractivity contribution >= 4 is 27.5 Å². The Bertz CT molecular complexity index is 1840. The number of para-hydroxylation sites is 1. The first kappa shape index (κ1) is 24.9. The molecule has 2 aromatic carbocycles. The summed E-state index contributed by atoms with van der Waals surface area (Å²) in [4.78, 5) is 45.4. The van der Waals surface area contributed by atoms with Gasteiger partial charge in [-0.25, -0.2) is 14.3 Å². The molecule has 10 heteroatoms. The SMILES string of the molecule is COc1ccccc1CCn1c(=O)n(-c2cccc(C3(C(=O)O)CC3)c2)c(=O)c2c(C)c(-c3ncco3)sc21. The van der Waals surface area contributed by atoms with Crippen molar-refractivity contribution in [3.8, 4) is 22.2 Å². The van der Waals surface area contributed by atoms with E-state index in [0.29, 0.717) is 69.4 Å². The molecule has 0 unspecified atom stereocenters. The molecule has 0 amide bonds. The molecule has 198 valence electrons. The van der Waals surface area contributed by atoms with Crippen molar-refractivity contribution < 1.29 is 19.1 Å². The molecule has 1 N–H and O–H groups in total. The first-order valence-electron chi connectivity index (χ1n) is 12.5. The Morgan fingerprint density at radius 3 is 2.67 bits per heavy atom. The highest BCUT2D eigenvalue weighted by Crippen LogP contribution is 2.48. The van der Waals surface area contributed by atoms with E-state index in [1.54, 1.807) is 35.9 Å². The van der Waals surface area contributed by atoms with Crippen LogP contribution < -0.4 is 16.0 Å². The lowest BCUT2D eigenvalue weighted by molar-refractivity contribution is -0.140. The molecule has 0 bridgehead atoms. The summed E-state index contributed by atoms with van der Waals surface area (Å²) in [7, 11) is 1.60. The summed E-state index contributed by atoms with van der Waals surface area (Å²) in [6.07, 6.45) is 4.53. The second-order valence-corrected chi connectivity index (χ2v) is 10.6. The van der Waals surface area contributed by atoms with Crippen LogP contribution in [0.1, 0.15) is 29.5 Å². The molecule has 1 saturated carbocycles. The Morgan fingerprint density at radius 1 is 1.18 bits per heavy atom. The minimum Gasteiger partial charge on any atom is -0.496 e. The number of hydrogen-bond acceptors (Lipinski definition) is 7. The number of thiophene rings is 1. The average molecular weight is 544 g/mol. The van der Waals surface area contributed by atoms with Gasteiger partial charge in [0.1, 0.15) is 16.8 Å². The first-order chi connectivity index (χ1) is 18.9. The largest absolute Gasteiger partial charge is 0.496 e. The number of carboxylic acids is 1. The molecule has 5 aromatic rings. The summed E-state index contributed by atoms with van der Waals surface area (Å²) >= 11 is 1.29. The van der Waals surface area contributed by atoms with Gasteiger partial charge in [0.05, 0.1) is 34.7 Å². The lowest BCUT2D eigenvalue weighted by Gasteiger charge is -2.15. The maximum atomic E-state index is 14.0. The van der Waals surface area contributed by atoms with Gasteiger partial charge in [-0.1, -0.05) is 30.3 Å². The van der Waals surface area contributed by atoms with E-state index in [2.05, 4.69) is 4.98 Å². The van der Waals surface area contributed by atoms with Gasteiger partial charge >= 0.3 is 11.7 Å². The van der Waals surface area contributed by atoms with Gasteiger partial charge in [-0.15, -0.1) is 11.3 Å². The summed E-state index contributed by atoms with van der Waals surface area (Å²) in [6.45, 7) is 2.11. The number of carboxylic acid groups (broad SMARTS) is 1. The van der Waals surface area contributed by atoms with E-state index in [0.717, 1.165) is 10.1 Å². The van der Waals surface area contributed by atoms with Gasteiger partial charge < -0.3 is 14.3 Å². The maximum Gasteiger partial charge on any atom is 0.336 e. The van der Waals surface area contributed by atoms with Crippen molar-refractivity contribution in [1.29, 1.82) is 0 Å². The van der Waals surface area contributed by atoms with Crippen molar-refractivity contribution in [2.45, 2.75) is 38.1 Å². The van der Waals surface area contributed by atoms with Crippen LogP contribution in [0.4, 0.5) is 0 Å². The Labute approximate surface area is 226 Å². The molecular formula is C29H25N3O6S. The topological polar surface area (TPSA) is 117 Å². The molecule has 6 rings (SSSR count). The first-order valence-corrected chi connectivity index (χ1v) is 13.3. The van der Waals surface area contributed by atoms with Crippen LogP contribution in [-0.2, 0) is 23.2 Å². The van der Waals surface area contributed by atoms with Gasteiger partial charge in [0.2, 0.25) is 5.89 Å². The number of ether oxygens (including phenoxy) is 1. The van der Waals surface area contributed by atoms with Crippen molar-refractivity contribution in [2.75, 3.05) is 7.11 Å². The number of benzene rings is 2. The molecular weight excluding hydrogens is 518 g/mol. The van der Waals surface area contributed by atoms with E-state index < -0.39 is 22.6 Å². The molecule has 0 spiro atoms. The van der Waals surface area contributed by atoms with Crippen molar-refractivity contribution in [3.63, 3.8) is 0 Å². The van der Waals surface area contributed by atoms with Crippen LogP contribution in [0.3, 0.4) is 0 Å². The lowest BCUT2D eigenvalue weighted by Crippen LogP contribution is -2.39. The smallest absolute Gasteiger partial charge is 0.336 e. The number of nitrogens with zero attached hydrogens (tertiary/aromatic N) is 3. The summed E-state index contributed by atoms with van der Waals surface area (Å²) in [5.41, 5.74) is 0.588. The monoisotopic (exact) mass is 543 g/mol. The zero-order chi connectivity index (χ0) is 27.3. The number of aliphatic carboxylic acids is 1. The van der Waals surface area contributed by atoms with E-state index >= 15 is 0 Å². The van der Waals surface area contributed by atoms with Gasteiger partial charge in [-0.2, -0.15) is 0 Å². The van der Waals surface area contributed by atoms with Crippen molar-refractivity contribution in [1.82, 2.24) is 14.1 Å². The Kier molecular flexibility index (Phi) is 5.99. The Hall–Kier alpha value is -4.44. The van der Waals surface area contributed by atoms with Crippen LogP contribution in [0.5, 0.6) is 5.75 Å². The Morgan fingerprint density at radius 2 is 1.97 bits per heavy atom. The zero-order valence-corrected chi connectivity index (χ0v) is 22.2. The fourth-order valence-corrected chi connectivity index (χ4v) is 6.40. The fourth-order valence-electron chi connectivity index (χ4n) is 5.15. The van der Waals surface area contributed by atoms with Crippen molar-refractivity contribution in [3.05, 3.63) is 98.5 Å². The average Bonchev–Trinajstić information content (AvgIpc) is 3.45. The normalized spacial score (nSPS) is 14.0. The third kappa shape index (κ3) is 3.99. The molecule has 3 aromatic heterocycles. The highest BCUT2D eigenvalue weighted by atomic mass is 32.1. The summed E-state index contributed by atoms with van der Waals surface area (Å²) in [5.74, 6) is 0.192. The molecule has 39 heavy (non-hydrogen) atoms. The highest BCUT2D eigenvalue weighted by molar-refractivity contribution is 7.22. The fraction of sp³-hybridized carbons (Fsp3) is 0.241. The predicted molar refractivity (Wildman–Crippen MR) is 147 cm³/mol. The molecule has 0 saturated heterocycles. The van der Waals surface area contributed by atoms with Crippen LogP contribution in [-0.4, -0.2) is 32.3 Å². The minimum absolute atomic E-state index is 0.291. The number of rotatable bonds is 8. The third-order valence-electron chi connectivity index (χ3n) is 7.45. The van der Waals surface area contributed by atoms with E-state index in [-0.39, 0.29) is 0 Å². The number of fused-ring (bicyclic) bond motifs is 1. The summed E-state index contributed by atoms with van der Waals surface area (Å²) < 4.78 is 13.8. The number of oxazole rings is 1. The second-order valence-electron chi connectivity index (χ2n) is 9.65. The molecule has 9 nitrogen and oxygen atoms in total. The lowest BCUT2D eigenvalue weighted by atomic mass is 9.96. The summed E-state index contributed by atoms with van der Waals surface area (Å²) in [6, 6.07) is 14.4. The van der Waals surface area contributed by atoms with Gasteiger partial charge in [0.15, 0.2) is 0 Å². The summed E-state index contributed by atoms with van der Waals surface area (Å²) in [5, 5.41) is 10.2. The Balaban J connectivity index is 1.57. The van der Waals surface area contributed by atoms with Gasteiger partial charge in [-0.3, -0.25) is 14.2 Å². The standard InChI is InChI=1S/C29H25N3O6S/c1-17-22-25(33)32(20-8-5-7-19(16-20)29(11-12-29)27(34)35)28(36)31(14-10-18-6-3-4-9-21(18)37-2)26(22)39-23(17)24-30-13-15-38-24/h3-9,13,15-16H,10-12,14H2,1-2H3,(H,34,35). The zero-order valence-electron chi connectivity index (χ0n) is 21.3. The molecule has 0 radical (unpaired) electrons. The van der Waals surface area contributed by atoms with Gasteiger partial charge in [0, 0.05) is 6.54 Å². The van der Waals surface area contributed by atoms with Crippen molar-refractivity contribution in [2.24, 2.45) is 0 Å². The van der Waals surface area contributed by atoms with E-state index in [1.807, 2.05) is 31.2 Å². The molecule has 1 aliphatic carbocycles. The molecule has 3 heterocycles. The number of aryl methyl sites for hydroxylation is 3. The van der Waals surface area contributed by atoms with Crippen LogP contribution >= 0.6 is 11.3 Å². The predicted octanol–water partition coefficient (Wildman–Crippen LogP) is 4.54. The highest BCUT2D eigenvalue weighted by Gasteiger charge is 2.51. The molecule has 0 atom stereocenters. The number of carbonyl (C=O) groups is 1. The quantitative estimate of drug-likeness (QED) is 0.305. The maximum absolute atomic E-state index is 14.0. The van der Waals surface area contributed by atoms with Crippen LogP contribution in [0.25, 0.3) is 26.7 Å². The molecule has 1 fully saturated rings. The van der Waals surface area contributed by atoms with E-state index in [1.165, 1.54) is 23.8 Å².